The molecule has 5 nitrogen and oxygen atoms in total. The van der Waals surface area contributed by atoms with Gasteiger partial charge in [0.25, 0.3) is 0 Å². The quantitative estimate of drug-likeness (QED) is 0.794. The number of imidazole rings is 1. The van der Waals surface area contributed by atoms with Crippen molar-refractivity contribution in [1.82, 2.24) is 14.9 Å². The van der Waals surface area contributed by atoms with Crippen LogP contribution in [-0.4, -0.2) is 29.1 Å². The van der Waals surface area contributed by atoms with Crippen LogP contribution in [0.4, 0.5) is 0 Å². The molecule has 4 rings (SSSR count). The monoisotopic (exact) mass is 353 g/mol. The summed E-state index contributed by atoms with van der Waals surface area (Å²) in [6.45, 7) is 3.82. The van der Waals surface area contributed by atoms with Gasteiger partial charge in [-0.15, -0.1) is 0 Å². The SMILES string of the molecule is COc1ccc(C2(C(=O)NCCc3ncc(C)n3CC3CC3)CC2)cc1. The second-order valence-electron chi connectivity index (χ2n) is 7.69. The van der Waals surface area contributed by atoms with E-state index in [2.05, 4.69) is 21.8 Å². The molecule has 0 unspecified atom stereocenters. The van der Waals surface area contributed by atoms with E-state index >= 15 is 0 Å². The molecule has 0 bridgehead atoms. The Bertz CT molecular complexity index is 786. The topological polar surface area (TPSA) is 56.1 Å². The lowest BCUT2D eigenvalue weighted by atomic mass is 9.95. The number of rotatable bonds is 8. The summed E-state index contributed by atoms with van der Waals surface area (Å²) >= 11 is 0. The number of aryl methyl sites for hydroxylation is 1. The van der Waals surface area contributed by atoms with E-state index in [4.69, 9.17) is 4.74 Å². The van der Waals surface area contributed by atoms with Gasteiger partial charge >= 0.3 is 0 Å². The summed E-state index contributed by atoms with van der Waals surface area (Å²) in [5, 5.41) is 3.14. The van der Waals surface area contributed by atoms with E-state index in [1.54, 1.807) is 7.11 Å². The van der Waals surface area contributed by atoms with Crippen molar-refractivity contribution in [1.29, 1.82) is 0 Å². The van der Waals surface area contributed by atoms with Crippen molar-refractivity contribution in [3.05, 3.63) is 47.5 Å². The number of nitrogens with one attached hydrogen (secondary N) is 1. The van der Waals surface area contributed by atoms with Crippen LogP contribution in [-0.2, 0) is 23.2 Å². The van der Waals surface area contributed by atoms with Crippen LogP contribution >= 0.6 is 0 Å². The minimum atomic E-state index is -0.342. The third-order valence-electron chi connectivity index (χ3n) is 5.74. The normalized spacial score (nSPS) is 17.8. The summed E-state index contributed by atoms with van der Waals surface area (Å²) < 4.78 is 7.53. The first-order valence-electron chi connectivity index (χ1n) is 9.56. The number of nitrogens with zero attached hydrogens (tertiary/aromatic N) is 2. The molecule has 1 amide bonds. The fraction of sp³-hybridized carbons (Fsp3) is 0.524. The van der Waals surface area contributed by atoms with Crippen LogP contribution < -0.4 is 10.1 Å². The van der Waals surface area contributed by atoms with E-state index in [-0.39, 0.29) is 11.3 Å². The fourth-order valence-electron chi connectivity index (χ4n) is 3.66. The molecular formula is C21H27N3O2. The van der Waals surface area contributed by atoms with Crippen molar-refractivity contribution in [2.45, 2.75) is 51.0 Å². The zero-order valence-electron chi connectivity index (χ0n) is 15.6. The molecule has 26 heavy (non-hydrogen) atoms. The van der Waals surface area contributed by atoms with Crippen LogP contribution in [0.25, 0.3) is 0 Å². The summed E-state index contributed by atoms with van der Waals surface area (Å²) in [7, 11) is 1.66. The Morgan fingerprint density at radius 1 is 1.31 bits per heavy atom. The highest BCUT2D eigenvalue weighted by Crippen LogP contribution is 2.48. The molecule has 0 saturated heterocycles. The van der Waals surface area contributed by atoms with Gasteiger partial charge in [0.05, 0.1) is 12.5 Å². The Morgan fingerprint density at radius 2 is 2.04 bits per heavy atom. The molecule has 2 fully saturated rings. The highest BCUT2D eigenvalue weighted by molar-refractivity contribution is 5.91. The van der Waals surface area contributed by atoms with Crippen LogP contribution in [0, 0.1) is 12.8 Å². The van der Waals surface area contributed by atoms with Crippen LogP contribution in [0.1, 0.15) is 42.8 Å². The molecule has 1 N–H and O–H groups in total. The summed E-state index contributed by atoms with van der Waals surface area (Å²) in [5.41, 5.74) is 1.96. The Labute approximate surface area is 154 Å². The first kappa shape index (κ1) is 17.1. The molecule has 2 saturated carbocycles. The fourth-order valence-corrected chi connectivity index (χ4v) is 3.66. The summed E-state index contributed by atoms with van der Waals surface area (Å²) in [6, 6.07) is 7.88. The van der Waals surface area contributed by atoms with E-state index in [9.17, 15) is 4.79 Å². The van der Waals surface area contributed by atoms with Gasteiger partial charge in [-0.2, -0.15) is 0 Å². The van der Waals surface area contributed by atoms with Crippen LogP contribution in [0.5, 0.6) is 5.75 Å². The molecule has 1 aromatic carbocycles. The Hall–Kier alpha value is -2.30. The molecule has 2 aliphatic carbocycles. The molecule has 1 aromatic heterocycles. The van der Waals surface area contributed by atoms with Gasteiger partial charge < -0.3 is 14.6 Å². The van der Waals surface area contributed by atoms with Crippen molar-refractivity contribution in [3.8, 4) is 5.75 Å². The average molecular weight is 353 g/mol. The number of amides is 1. The average Bonchev–Trinajstić information content (AvgIpc) is 3.57. The summed E-state index contributed by atoms with van der Waals surface area (Å²) in [5.74, 6) is 2.87. The Morgan fingerprint density at radius 3 is 2.65 bits per heavy atom. The van der Waals surface area contributed by atoms with E-state index < -0.39 is 0 Å². The minimum absolute atomic E-state index is 0.139. The molecule has 0 atom stereocenters. The van der Waals surface area contributed by atoms with Crippen molar-refractivity contribution >= 4 is 5.91 Å². The predicted molar refractivity (Wildman–Crippen MR) is 100 cm³/mol. The number of ether oxygens (including phenoxy) is 1. The van der Waals surface area contributed by atoms with Crippen LogP contribution in [0.3, 0.4) is 0 Å². The number of carbonyl (C=O) groups excluding carboxylic acids is 1. The largest absolute Gasteiger partial charge is 0.497 e. The molecule has 1 heterocycles. The van der Waals surface area contributed by atoms with Crippen LogP contribution in [0.15, 0.2) is 30.5 Å². The van der Waals surface area contributed by atoms with Gasteiger partial charge in [-0.1, -0.05) is 12.1 Å². The molecule has 2 aromatic rings. The molecule has 138 valence electrons. The second-order valence-corrected chi connectivity index (χ2v) is 7.69. The number of carbonyl (C=O) groups is 1. The molecule has 0 radical (unpaired) electrons. The lowest BCUT2D eigenvalue weighted by molar-refractivity contribution is -0.123. The molecule has 0 aliphatic heterocycles. The van der Waals surface area contributed by atoms with Gasteiger partial charge in [0.1, 0.15) is 11.6 Å². The smallest absolute Gasteiger partial charge is 0.230 e. The number of hydrogen-bond acceptors (Lipinski definition) is 3. The molecule has 5 heteroatoms. The number of benzene rings is 1. The van der Waals surface area contributed by atoms with Crippen molar-refractivity contribution in [2.75, 3.05) is 13.7 Å². The predicted octanol–water partition coefficient (Wildman–Crippen LogP) is 3.00. The number of aromatic nitrogens is 2. The highest BCUT2D eigenvalue weighted by Gasteiger charge is 2.51. The lowest BCUT2D eigenvalue weighted by Gasteiger charge is -2.16. The van der Waals surface area contributed by atoms with Crippen LogP contribution in [0.2, 0.25) is 0 Å². The maximum Gasteiger partial charge on any atom is 0.230 e. The van der Waals surface area contributed by atoms with E-state index in [1.807, 2.05) is 30.5 Å². The van der Waals surface area contributed by atoms with Gasteiger partial charge in [0.2, 0.25) is 5.91 Å². The van der Waals surface area contributed by atoms with Gasteiger partial charge in [-0.25, -0.2) is 4.98 Å². The molecular weight excluding hydrogens is 326 g/mol. The summed E-state index contributed by atoms with van der Waals surface area (Å²) in [6.07, 6.45) is 7.22. The second kappa shape index (κ2) is 6.78. The molecule has 0 spiro atoms. The van der Waals surface area contributed by atoms with E-state index in [0.717, 1.165) is 48.9 Å². The highest BCUT2D eigenvalue weighted by atomic mass is 16.5. The van der Waals surface area contributed by atoms with Gasteiger partial charge in [-0.3, -0.25) is 4.79 Å². The van der Waals surface area contributed by atoms with E-state index in [1.165, 1.54) is 18.5 Å². The minimum Gasteiger partial charge on any atom is -0.497 e. The molecule has 2 aliphatic rings. The zero-order chi connectivity index (χ0) is 18.1. The third kappa shape index (κ3) is 3.35. The maximum absolute atomic E-state index is 12.8. The van der Waals surface area contributed by atoms with Gasteiger partial charge in [-0.05, 0) is 56.2 Å². The maximum atomic E-state index is 12.8. The van der Waals surface area contributed by atoms with Gasteiger partial charge in [0, 0.05) is 31.4 Å². The van der Waals surface area contributed by atoms with Crippen molar-refractivity contribution in [2.24, 2.45) is 5.92 Å². The first-order valence-corrected chi connectivity index (χ1v) is 9.56. The Balaban J connectivity index is 1.35. The Kier molecular flexibility index (Phi) is 4.47. The third-order valence-corrected chi connectivity index (χ3v) is 5.74. The van der Waals surface area contributed by atoms with Crippen molar-refractivity contribution in [3.63, 3.8) is 0 Å². The zero-order valence-corrected chi connectivity index (χ0v) is 15.6. The van der Waals surface area contributed by atoms with Gasteiger partial charge in [0.15, 0.2) is 0 Å². The lowest BCUT2D eigenvalue weighted by Crippen LogP contribution is -2.36. The van der Waals surface area contributed by atoms with E-state index in [0.29, 0.717) is 6.54 Å². The standard InChI is InChI=1S/C21H27N3O2/c1-15-13-23-19(24(15)14-16-3-4-16)9-12-22-20(25)21(10-11-21)17-5-7-18(26-2)8-6-17/h5-8,13,16H,3-4,9-12,14H2,1-2H3,(H,22,25). The summed E-state index contributed by atoms with van der Waals surface area (Å²) in [4.78, 5) is 17.3. The first-order chi connectivity index (χ1) is 12.6. The van der Waals surface area contributed by atoms with Crippen molar-refractivity contribution < 1.29 is 9.53 Å². The number of hydrogen-bond donors (Lipinski definition) is 1. The number of methoxy groups -OCH3 is 1.